The number of rotatable bonds is 7. The highest BCUT2D eigenvalue weighted by atomic mass is 35.5. The third-order valence-corrected chi connectivity index (χ3v) is 5.03. The van der Waals surface area contributed by atoms with Gasteiger partial charge in [0.2, 0.25) is 10.0 Å². The van der Waals surface area contributed by atoms with Gasteiger partial charge in [-0.25, -0.2) is 13.1 Å². The molecule has 2 aromatic rings. The molecule has 24 heavy (non-hydrogen) atoms. The molecule has 0 heterocycles. The van der Waals surface area contributed by atoms with Gasteiger partial charge in [0.25, 0.3) is 5.91 Å². The zero-order valence-electron chi connectivity index (χ0n) is 12.8. The number of nitrogens with one attached hydrogen (secondary N) is 2. The zero-order valence-corrected chi connectivity index (χ0v) is 14.4. The van der Waals surface area contributed by atoms with Gasteiger partial charge in [0, 0.05) is 23.7 Å². The van der Waals surface area contributed by atoms with E-state index in [9.17, 15) is 13.2 Å². The average Bonchev–Trinajstić information content (AvgIpc) is 2.59. The van der Waals surface area contributed by atoms with Crippen molar-refractivity contribution in [2.45, 2.75) is 11.4 Å². The van der Waals surface area contributed by atoms with Gasteiger partial charge in [0.1, 0.15) is 0 Å². The molecular formula is C17H17ClN2O3S. The first-order chi connectivity index (χ1) is 11.4. The van der Waals surface area contributed by atoms with Crippen LogP contribution >= 0.6 is 11.6 Å². The van der Waals surface area contributed by atoms with Crippen molar-refractivity contribution in [3.63, 3.8) is 0 Å². The van der Waals surface area contributed by atoms with Gasteiger partial charge in [-0.3, -0.25) is 4.79 Å². The standard InChI is InChI=1S/C17H17ClN2O3S/c1-2-11-19-17(21)13-7-9-15(10-8-13)24(22,23)20-12-14-5-3-4-6-16(14)18/h2-10,20H,1,11-12H2,(H,19,21). The van der Waals surface area contributed by atoms with Crippen molar-refractivity contribution in [1.82, 2.24) is 10.0 Å². The second kappa shape index (κ2) is 8.10. The van der Waals surface area contributed by atoms with Gasteiger partial charge in [-0.15, -0.1) is 6.58 Å². The molecule has 0 radical (unpaired) electrons. The second-order valence-corrected chi connectivity index (χ2v) is 7.11. The zero-order chi connectivity index (χ0) is 17.6. The Bertz CT molecular complexity index is 833. The van der Waals surface area contributed by atoms with Crippen LogP contribution < -0.4 is 10.0 Å². The maximum absolute atomic E-state index is 12.3. The Morgan fingerprint density at radius 2 is 1.79 bits per heavy atom. The van der Waals surface area contributed by atoms with Gasteiger partial charge < -0.3 is 5.32 Å². The fourth-order valence-electron chi connectivity index (χ4n) is 1.95. The minimum Gasteiger partial charge on any atom is -0.349 e. The molecule has 5 nitrogen and oxygen atoms in total. The van der Waals surface area contributed by atoms with E-state index in [-0.39, 0.29) is 17.3 Å². The van der Waals surface area contributed by atoms with Crippen molar-refractivity contribution in [3.8, 4) is 0 Å². The molecule has 0 aliphatic heterocycles. The normalized spacial score (nSPS) is 11.0. The van der Waals surface area contributed by atoms with E-state index in [4.69, 9.17) is 11.6 Å². The number of hydrogen-bond donors (Lipinski definition) is 2. The fourth-order valence-corrected chi connectivity index (χ4v) is 3.16. The SMILES string of the molecule is C=CCNC(=O)c1ccc(S(=O)(=O)NCc2ccccc2Cl)cc1. The van der Waals surface area contributed by atoms with Crippen LogP contribution in [0.1, 0.15) is 15.9 Å². The van der Waals surface area contributed by atoms with Crippen molar-refractivity contribution in [3.05, 3.63) is 77.3 Å². The minimum absolute atomic E-state index is 0.0785. The van der Waals surface area contributed by atoms with E-state index in [1.807, 2.05) is 0 Å². The Morgan fingerprint density at radius 1 is 1.12 bits per heavy atom. The highest BCUT2D eigenvalue weighted by molar-refractivity contribution is 7.89. The van der Waals surface area contributed by atoms with Gasteiger partial charge >= 0.3 is 0 Å². The maximum Gasteiger partial charge on any atom is 0.251 e. The molecule has 0 fully saturated rings. The summed E-state index contributed by atoms with van der Waals surface area (Å²) in [5.41, 5.74) is 1.06. The van der Waals surface area contributed by atoms with Gasteiger partial charge in [0.05, 0.1) is 4.90 Å². The largest absolute Gasteiger partial charge is 0.349 e. The highest BCUT2D eigenvalue weighted by Gasteiger charge is 2.15. The molecular weight excluding hydrogens is 348 g/mol. The summed E-state index contributed by atoms with van der Waals surface area (Å²) < 4.78 is 27.1. The Morgan fingerprint density at radius 3 is 2.42 bits per heavy atom. The quantitative estimate of drug-likeness (QED) is 0.742. The molecule has 0 spiro atoms. The molecule has 7 heteroatoms. The predicted molar refractivity (Wildman–Crippen MR) is 94.4 cm³/mol. The van der Waals surface area contributed by atoms with E-state index in [1.54, 1.807) is 30.3 Å². The third kappa shape index (κ3) is 4.67. The van der Waals surface area contributed by atoms with Crippen molar-refractivity contribution in [1.29, 1.82) is 0 Å². The predicted octanol–water partition coefficient (Wildman–Crippen LogP) is 2.73. The maximum atomic E-state index is 12.3. The molecule has 0 unspecified atom stereocenters. The van der Waals surface area contributed by atoms with Crippen molar-refractivity contribution in [2.24, 2.45) is 0 Å². The fraction of sp³-hybridized carbons (Fsp3) is 0.118. The van der Waals surface area contributed by atoms with Crippen LogP contribution in [0, 0.1) is 0 Å². The molecule has 2 rings (SSSR count). The first kappa shape index (κ1) is 18.2. The summed E-state index contributed by atoms with van der Waals surface area (Å²) in [6.45, 7) is 3.95. The number of amides is 1. The molecule has 1 amide bonds. The number of benzene rings is 2. The first-order valence-corrected chi connectivity index (χ1v) is 9.02. The lowest BCUT2D eigenvalue weighted by molar-refractivity contribution is 0.0958. The number of carbonyl (C=O) groups excluding carboxylic acids is 1. The number of sulfonamides is 1. The molecule has 0 atom stereocenters. The summed E-state index contributed by atoms with van der Waals surface area (Å²) in [5, 5.41) is 3.12. The van der Waals surface area contributed by atoms with Gasteiger partial charge in [0.15, 0.2) is 0 Å². The lowest BCUT2D eigenvalue weighted by Gasteiger charge is -2.09. The van der Waals surface area contributed by atoms with Crippen molar-refractivity contribution < 1.29 is 13.2 Å². The molecule has 0 saturated heterocycles. The summed E-state index contributed by atoms with van der Waals surface area (Å²) in [6, 6.07) is 12.7. The second-order valence-electron chi connectivity index (χ2n) is 4.94. The Labute approximate surface area is 146 Å². The third-order valence-electron chi connectivity index (χ3n) is 3.24. The smallest absolute Gasteiger partial charge is 0.251 e. The van der Waals surface area contributed by atoms with Crippen LogP contribution in [0.4, 0.5) is 0 Å². The van der Waals surface area contributed by atoms with Crippen LogP contribution in [-0.2, 0) is 16.6 Å². The van der Waals surface area contributed by atoms with Gasteiger partial charge in [-0.1, -0.05) is 35.9 Å². The first-order valence-electron chi connectivity index (χ1n) is 7.16. The van der Waals surface area contributed by atoms with Crippen molar-refractivity contribution >= 4 is 27.5 Å². The number of hydrogen-bond acceptors (Lipinski definition) is 3. The van der Waals surface area contributed by atoms with E-state index in [2.05, 4.69) is 16.6 Å². The van der Waals surface area contributed by atoms with Crippen LogP contribution in [0.3, 0.4) is 0 Å². The molecule has 0 aliphatic carbocycles. The lowest BCUT2D eigenvalue weighted by atomic mass is 10.2. The summed E-state index contributed by atoms with van der Waals surface area (Å²) in [6.07, 6.45) is 1.56. The molecule has 126 valence electrons. The van der Waals surface area contributed by atoms with Crippen LogP contribution in [0.25, 0.3) is 0 Å². The Kier molecular flexibility index (Phi) is 6.14. The summed E-state index contributed by atoms with van der Waals surface area (Å²) in [7, 11) is -3.69. The van der Waals surface area contributed by atoms with Gasteiger partial charge in [-0.05, 0) is 35.9 Å². The molecule has 0 saturated carbocycles. The number of halogens is 1. The van der Waals surface area contributed by atoms with Crippen molar-refractivity contribution in [2.75, 3.05) is 6.54 Å². The summed E-state index contributed by atoms with van der Waals surface area (Å²) in [5.74, 6) is -0.289. The lowest BCUT2D eigenvalue weighted by Crippen LogP contribution is -2.24. The molecule has 0 aliphatic rings. The topological polar surface area (TPSA) is 75.3 Å². The average molecular weight is 365 g/mol. The molecule has 2 N–H and O–H groups in total. The van der Waals surface area contributed by atoms with E-state index in [0.29, 0.717) is 22.7 Å². The van der Waals surface area contributed by atoms with Crippen LogP contribution in [0.15, 0.2) is 66.1 Å². The van der Waals surface area contributed by atoms with E-state index in [1.165, 1.54) is 24.3 Å². The molecule has 2 aromatic carbocycles. The molecule has 0 aromatic heterocycles. The number of carbonyl (C=O) groups is 1. The van der Waals surface area contributed by atoms with Crippen LogP contribution in [0.5, 0.6) is 0 Å². The summed E-state index contributed by atoms with van der Waals surface area (Å²) in [4.78, 5) is 11.9. The van der Waals surface area contributed by atoms with Crippen LogP contribution in [-0.4, -0.2) is 20.9 Å². The molecule has 0 bridgehead atoms. The van der Waals surface area contributed by atoms with E-state index in [0.717, 1.165) is 0 Å². The Hall–Kier alpha value is -2.15. The van der Waals surface area contributed by atoms with Crippen LogP contribution in [0.2, 0.25) is 5.02 Å². The minimum atomic E-state index is -3.69. The van der Waals surface area contributed by atoms with E-state index >= 15 is 0 Å². The highest BCUT2D eigenvalue weighted by Crippen LogP contribution is 2.16. The Balaban J connectivity index is 2.08. The van der Waals surface area contributed by atoms with Gasteiger partial charge in [-0.2, -0.15) is 0 Å². The monoisotopic (exact) mass is 364 g/mol. The summed E-state index contributed by atoms with van der Waals surface area (Å²) >= 11 is 6.01. The van der Waals surface area contributed by atoms with E-state index < -0.39 is 10.0 Å².